The number of methoxy groups -OCH3 is 1. The Bertz CT molecular complexity index is 1960. The number of aliphatic carboxylic acids is 1. The number of nitrogens with zero attached hydrogens (tertiary/aromatic N) is 4. The number of halogens is 4. The Hall–Kier alpha value is -3.56. The van der Waals surface area contributed by atoms with Gasteiger partial charge in [0.2, 0.25) is 10.0 Å². The second-order valence-corrected chi connectivity index (χ2v) is 16.8. The molecule has 4 rings (SSSR count). The molecule has 0 aliphatic rings. The molecule has 1 heterocycles. The molecule has 276 valence electrons. The largest absolute Gasteiger partial charge is 0.495 e. The molecule has 0 saturated carbocycles. The van der Waals surface area contributed by atoms with Crippen molar-refractivity contribution >= 4 is 39.4 Å². The Labute approximate surface area is 306 Å². The van der Waals surface area contributed by atoms with Gasteiger partial charge in [-0.25, -0.2) is 26.6 Å². The van der Waals surface area contributed by atoms with Crippen molar-refractivity contribution in [2.45, 2.75) is 60.9 Å². The van der Waals surface area contributed by atoms with Crippen LogP contribution in [-0.4, -0.2) is 85.2 Å². The number of likely N-dealkylation sites (N-methyl/N-ethyl adjacent to an activating group) is 1. The predicted molar refractivity (Wildman–Crippen MR) is 193 cm³/mol. The monoisotopic (exact) mass is 767 g/mol. The molecule has 0 aliphatic carbocycles. The van der Waals surface area contributed by atoms with Crippen LogP contribution in [-0.2, 0) is 26.0 Å². The quantitative estimate of drug-likeness (QED) is 0.0930. The summed E-state index contributed by atoms with van der Waals surface area (Å²) in [6, 6.07) is 11.1. The van der Waals surface area contributed by atoms with Crippen LogP contribution in [0.15, 0.2) is 70.8 Å². The average molecular weight is 768 g/mol. The van der Waals surface area contributed by atoms with E-state index in [0.717, 1.165) is 33.8 Å². The first-order valence-corrected chi connectivity index (χ1v) is 19.0. The van der Waals surface area contributed by atoms with Gasteiger partial charge in [0.15, 0.2) is 5.16 Å². The predicted octanol–water partition coefficient (Wildman–Crippen LogP) is 7.52. The Morgan fingerprint density at radius 3 is 2.25 bits per heavy atom. The lowest BCUT2D eigenvalue weighted by atomic mass is 9.81. The zero-order chi connectivity index (χ0) is 37.9. The normalized spacial score (nSPS) is 13.1. The fraction of sp³-hybridized carbons (Fsp3) is 0.389. The van der Waals surface area contributed by atoms with Crippen LogP contribution in [0.3, 0.4) is 0 Å². The number of carboxylic acids is 1. The fourth-order valence-electron chi connectivity index (χ4n) is 5.76. The molecule has 15 heteroatoms. The smallest absolute Gasteiger partial charge is 0.322 e. The number of hydrogen-bond donors (Lipinski definition) is 1. The maximum absolute atomic E-state index is 15.6. The number of ether oxygens (including phenoxy) is 1. The van der Waals surface area contributed by atoms with Gasteiger partial charge in [0, 0.05) is 29.0 Å². The maximum atomic E-state index is 15.6. The van der Waals surface area contributed by atoms with Crippen LogP contribution >= 0.6 is 23.4 Å². The number of thioether (sulfide) groups is 1. The van der Waals surface area contributed by atoms with Crippen LogP contribution in [0, 0.1) is 17.5 Å². The first-order chi connectivity index (χ1) is 23.8. The van der Waals surface area contributed by atoms with Gasteiger partial charge < -0.3 is 14.3 Å². The van der Waals surface area contributed by atoms with E-state index in [1.54, 1.807) is 35.0 Å². The van der Waals surface area contributed by atoms with Crippen LogP contribution < -0.4 is 4.74 Å². The first-order valence-electron chi connectivity index (χ1n) is 16.2. The summed E-state index contributed by atoms with van der Waals surface area (Å²) < 4.78 is 81.0. The first kappa shape index (κ1) is 40.2. The van der Waals surface area contributed by atoms with Gasteiger partial charge in [0.05, 0.1) is 56.6 Å². The van der Waals surface area contributed by atoms with E-state index in [1.165, 1.54) is 26.2 Å². The molecule has 3 aromatic carbocycles. The number of benzene rings is 3. The standard InChI is InChI=1S/C36H42ClF3N4O5S2/c1-8-42(31(34(45)46)10-9-17-44(4,5)6)51(47,48)26-19-29(39)27(30(40)20-26)22-50-35-41-21-33(43(35)25-14-12-24(38)13-15-25)36(2,3)23-11-16-28(37)32(18-23)49-7/h11-16,18-21,31H,8-10,17,22H2,1-7H3/p+1/t31-/m0/s1. The number of carboxylic acid groups (broad SMARTS) is 1. The third-order valence-electron chi connectivity index (χ3n) is 8.65. The van der Waals surface area contributed by atoms with Crippen molar-refractivity contribution < 1.29 is 40.7 Å². The number of hydrogen-bond acceptors (Lipinski definition) is 6. The highest BCUT2D eigenvalue weighted by Crippen LogP contribution is 2.39. The molecular formula is C36H43ClF3N4O5S2+. The van der Waals surface area contributed by atoms with Gasteiger partial charge in [0.1, 0.15) is 29.2 Å². The Balaban J connectivity index is 1.68. The number of imidazole rings is 1. The minimum Gasteiger partial charge on any atom is -0.495 e. The van der Waals surface area contributed by atoms with E-state index in [4.69, 9.17) is 16.3 Å². The summed E-state index contributed by atoms with van der Waals surface area (Å²) in [6.45, 7) is 5.78. The Morgan fingerprint density at radius 2 is 1.71 bits per heavy atom. The fourth-order valence-corrected chi connectivity index (χ4v) is 8.61. The summed E-state index contributed by atoms with van der Waals surface area (Å²) in [6.07, 6.45) is 2.09. The van der Waals surface area contributed by atoms with Crippen molar-refractivity contribution in [3.63, 3.8) is 0 Å². The van der Waals surface area contributed by atoms with Gasteiger partial charge in [-0.15, -0.1) is 0 Å². The molecule has 9 nitrogen and oxygen atoms in total. The summed E-state index contributed by atoms with van der Waals surface area (Å²) in [5, 5.41) is 10.7. The second kappa shape index (κ2) is 16.0. The second-order valence-electron chi connectivity index (χ2n) is 13.6. The van der Waals surface area contributed by atoms with Crippen LogP contribution in [0.2, 0.25) is 5.02 Å². The van der Waals surface area contributed by atoms with Crippen molar-refractivity contribution in [3.8, 4) is 11.4 Å². The van der Waals surface area contributed by atoms with E-state index >= 15 is 8.78 Å². The highest BCUT2D eigenvalue weighted by atomic mass is 35.5. The molecule has 0 aliphatic heterocycles. The number of sulfonamides is 1. The summed E-state index contributed by atoms with van der Waals surface area (Å²) >= 11 is 7.28. The summed E-state index contributed by atoms with van der Waals surface area (Å²) in [4.78, 5) is 16.1. The Kier molecular flexibility index (Phi) is 12.6. The molecule has 0 amide bonds. The van der Waals surface area contributed by atoms with E-state index in [9.17, 15) is 22.7 Å². The molecular weight excluding hydrogens is 725 g/mol. The van der Waals surface area contributed by atoms with Crippen molar-refractivity contribution in [2.24, 2.45) is 0 Å². The van der Waals surface area contributed by atoms with Crippen LogP contribution in [0.1, 0.15) is 50.4 Å². The number of quaternary nitrogens is 1. The van der Waals surface area contributed by atoms with Crippen LogP contribution in [0.5, 0.6) is 5.75 Å². The molecule has 4 aromatic rings. The molecule has 1 aromatic heterocycles. The number of rotatable bonds is 16. The third kappa shape index (κ3) is 9.09. The Morgan fingerprint density at radius 1 is 1.08 bits per heavy atom. The summed E-state index contributed by atoms with van der Waals surface area (Å²) in [7, 11) is 2.73. The highest BCUT2D eigenvalue weighted by Gasteiger charge is 2.36. The maximum Gasteiger partial charge on any atom is 0.322 e. The average Bonchev–Trinajstić information content (AvgIpc) is 3.48. The lowest BCUT2D eigenvalue weighted by Crippen LogP contribution is -2.45. The highest BCUT2D eigenvalue weighted by molar-refractivity contribution is 7.98. The van der Waals surface area contributed by atoms with Crippen molar-refractivity contribution in [1.82, 2.24) is 13.9 Å². The zero-order valence-corrected chi connectivity index (χ0v) is 32.0. The molecule has 0 fully saturated rings. The van der Waals surface area contributed by atoms with E-state index in [2.05, 4.69) is 4.98 Å². The van der Waals surface area contributed by atoms with E-state index in [1.807, 2.05) is 41.1 Å². The van der Waals surface area contributed by atoms with Gasteiger partial charge in [-0.2, -0.15) is 4.31 Å². The van der Waals surface area contributed by atoms with Gasteiger partial charge in [0.25, 0.3) is 0 Å². The van der Waals surface area contributed by atoms with E-state index in [-0.39, 0.29) is 18.7 Å². The van der Waals surface area contributed by atoms with Crippen molar-refractivity contribution in [1.29, 1.82) is 0 Å². The minimum atomic E-state index is -4.59. The van der Waals surface area contributed by atoms with Crippen molar-refractivity contribution in [2.75, 3.05) is 41.3 Å². The SMILES string of the molecule is CCN([C@@H](CCC[N+](C)(C)C)C(=O)O)S(=O)(=O)c1cc(F)c(CSc2ncc(C(C)(C)c3ccc(Cl)c(OC)c3)n2-c2ccc(F)cc2)c(F)c1. The van der Waals surface area contributed by atoms with Gasteiger partial charge in [-0.1, -0.05) is 50.2 Å². The summed E-state index contributed by atoms with van der Waals surface area (Å²) in [5.41, 5.74) is 0.957. The molecule has 0 saturated heterocycles. The number of aromatic nitrogens is 2. The lowest BCUT2D eigenvalue weighted by molar-refractivity contribution is -0.870. The molecule has 1 atom stereocenters. The zero-order valence-electron chi connectivity index (χ0n) is 29.6. The van der Waals surface area contributed by atoms with Crippen LogP contribution in [0.25, 0.3) is 5.69 Å². The number of carbonyl (C=O) groups is 1. The van der Waals surface area contributed by atoms with Gasteiger partial charge >= 0.3 is 5.97 Å². The van der Waals surface area contributed by atoms with Crippen molar-refractivity contribution in [3.05, 3.63) is 100 Å². The topological polar surface area (TPSA) is 102 Å². The third-order valence-corrected chi connectivity index (χ3v) is 11.9. The molecule has 0 spiro atoms. The van der Waals surface area contributed by atoms with E-state index < -0.39 is 55.4 Å². The lowest BCUT2D eigenvalue weighted by Gasteiger charge is -2.29. The molecule has 51 heavy (non-hydrogen) atoms. The van der Waals surface area contributed by atoms with Crippen LogP contribution in [0.4, 0.5) is 13.2 Å². The molecule has 0 unspecified atom stereocenters. The van der Waals surface area contributed by atoms with Gasteiger partial charge in [-0.05, 0) is 66.9 Å². The molecule has 0 radical (unpaired) electrons. The molecule has 1 N–H and O–H groups in total. The minimum absolute atomic E-state index is 0.0304. The van der Waals surface area contributed by atoms with E-state index in [0.29, 0.717) is 44.8 Å². The molecule has 0 bridgehead atoms. The summed E-state index contributed by atoms with van der Waals surface area (Å²) in [5.74, 6) is -3.81. The van der Waals surface area contributed by atoms with Gasteiger partial charge in [-0.3, -0.25) is 9.36 Å².